The molecule has 2 N–H and O–H groups in total. The van der Waals surface area contributed by atoms with Crippen LogP contribution in [0.5, 0.6) is 5.75 Å². The summed E-state index contributed by atoms with van der Waals surface area (Å²) in [5, 5.41) is 0. The van der Waals surface area contributed by atoms with E-state index in [1.807, 2.05) is 13.0 Å². The van der Waals surface area contributed by atoms with Crippen LogP contribution in [0.15, 0.2) is 18.2 Å². The summed E-state index contributed by atoms with van der Waals surface area (Å²) in [6.45, 7) is 4.26. The van der Waals surface area contributed by atoms with E-state index < -0.39 is 0 Å². The predicted octanol–water partition coefficient (Wildman–Crippen LogP) is 2.44. The largest absolute Gasteiger partial charge is 0.493 e. The van der Waals surface area contributed by atoms with Gasteiger partial charge < -0.3 is 15.2 Å². The van der Waals surface area contributed by atoms with E-state index in [1.165, 1.54) is 11.1 Å². The number of fused-ring (bicyclic) bond motifs is 1. The summed E-state index contributed by atoms with van der Waals surface area (Å²) < 4.78 is 11.0. The minimum Gasteiger partial charge on any atom is -0.493 e. The zero-order chi connectivity index (χ0) is 12.1. The van der Waals surface area contributed by atoms with Gasteiger partial charge >= 0.3 is 0 Å². The highest BCUT2D eigenvalue weighted by atomic mass is 16.5. The summed E-state index contributed by atoms with van der Waals surface area (Å²) in [5.41, 5.74) is 8.63. The molecule has 94 valence electrons. The Morgan fingerprint density at radius 1 is 1.35 bits per heavy atom. The lowest BCUT2D eigenvalue weighted by Gasteiger charge is -2.09. The summed E-state index contributed by atoms with van der Waals surface area (Å²) in [6.07, 6.45) is 3.07. The molecule has 0 fully saturated rings. The lowest BCUT2D eigenvalue weighted by molar-refractivity contribution is 0.131. The second kappa shape index (κ2) is 6.03. The van der Waals surface area contributed by atoms with Crippen molar-refractivity contribution < 1.29 is 9.47 Å². The molecular formula is C14H21NO2. The molecular weight excluding hydrogens is 214 g/mol. The Kier molecular flexibility index (Phi) is 4.40. The molecule has 0 saturated carbocycles. The SMILES string of the molecule is CCOCCCOc1ccc2c(c1)CC[C@H]2N. The molecule has 17 heavy (non-hydrogen) atoms. The van der Waals surface area contributed by atoms with Crippen LogP contribution in [-0.4, -0.2) is 19.8 Å². The van der Waals surface area contributed by atoms with Crippen molar-refractivity contribution >= 4 is 0 Å². The minimum atomic E-state index is 0.219. The molecule has 0 aromatic heterocycles. The van der Waals surface area contributed by atoms with Crippen molar-refractivity contribution in [3.8, 4) is 5.75 Å². The van der Waals surface area contributed by atoms with Crippen LogP contribution in [0.1, 0.15) is 36.9 Å². The fourth-order valence-electron chi connectivity index (χ4n) is 2.21. The van der Waals surface area contributed by atoms with Crippen molar-refractivity contribution in [1.82, 2.24) is 0 Å². The number of ether oxygens (including phenoxy) is 2. The van der Waals surface area contributed by atoms with E-state index >= 15 is 0 Å². The van der Waals surface area contributed by atoms with Crippen LogP contribution in [0.3, 0.4) is 0 Å². The first-order valence-corrected chi connectivity index (χ1v) is 6.40. The van der Waals surface area contributed by atoms with Crippen molar-refractivity contribution in [2.45, 2.75) is 32.2 Å². The van der Waals surface area contributed by atoms with Crippen molar-refractivity contribution in [3.63, 3.8) is 0 Å². The monoisotopic (exact) mass is 235 g/mol. The summed E-state index contributed by atoms with van der Waals surface area (Å²) in [5.74, 6) is 0.953. The van der Waals surface area contributed by atoms with Crippen LogP contribution >= 0.6 is 0 Å². The van der Waals surface area contributed by atoms with Crippen molar-refractivity contribution in [2.24, 2.45) is 5.73 Å². The topological polar surface area (TPSA) is 44.5 Å². The normalized spacial score (nSPS) is 18.1. The van der Waals surface area contributed by atoms with Crippen LogP contribution in [0.25, 0.3) is 0 Å². The third-order valence-corrected chi connectivity index (χ3v) is 3.14. The van der Waals surface area contributed by atoms with Gasteiger partial charge in [0.05, 0.1) is 6.61 Å². The molecule has 1 aromatic carbocycles. The van der Waals surface area contributed by atoms with Gasteiger partial charge in [-0.05, 0) is 43.0 Å². The number of aryl methyl sites for hydroxylation is 1. The van der Waals surface area contributed by atoms with Gasteiger partial charge in [-0.15, -0.1) is 0 Å². The van der Waals surface area contributed by atoms with Crippen molar-refractivity contribution in [3.05, 3.63) is 29.3 Å². The van der Waals surface area contributed by atoms with Gasteiger partial charge in [-0.25, -0.2) is 0 Å². The summed E-state index contributed by atoms with van der Waals surface area (Å²) in [4.78, 5) is 0. The molecule has 3 heteroatoms. The molecule has 0 heterocycles. The fraction of sp³-hybridized carbons (Fsp3) is 0.571. The van der Waals surface area contributed by atoms with Crippen LogP contribution in [0.4, 0.5) is 0 Å². The zero-order valence-corrected chi connectivity index (χ0v) is 10.4. The molecule has 0 spiro atoms. The Labute approximate surface area is 103 Å². The molecule has 0 aliphatic heterocycles. The number of rotatable bonds is 6. The maximum atomic E-state index is 5.99. The third-order valence-electron chi connectivity index (χ3n) is 3.14. The van der Waals surface area contributed by atoms with Crippen LogP contribution in [0.2, 0.25) is 0 Å². The van der Waals surface area contributed by atoms with E-state index in [-0.39, 0.29) is 6.04 Å². The zero-order valence-electron chi connectivity index (χ0n) is 10.4. The standard InChI is InChI=1S/C14H21NO2/c1-2-16-8-3-9-17-12-5-6-13-11(10-12)4-7-14(13)15/h5-6,10,14H,2-4,7-9,15H2,1H3/t14-/m1/s1. The van der Waals surface area contributed by atoms with Gasteiger partial charge in [0.15, 0.2) is 0 Å². The first-order valence-electron chi connectivity index (χ1n) is 6.40. The number of hydrogen-bond acceptors (Lipinski definition) is 3. The van der Waals surface area contributed by atoms with Crippen molar-refractivity contribution in [2.75, 3.05) is 19.8 Å². The molecule has 3 nitrogen and oxygen atoms in total. The molecule has 1 aliphatic carbocycles. The van der Waals surface area contributed by atoms with Gasteiger partial charge in [0.1, 0.15) is 5.75 Å². The maximum absolute atomic E-state index is 5.99. The smallest absolute Gasteiger partial charge is 0.119 e. The molecule has 2 rings (SSSR count). The first-order chi connectivity index (χ1) is 8.31. The lowest BCUT2D eigenvalue weighted by atomic mass is 10.1. The minimum absolute atomic E-state index is 0.219. The van der Waals surface area contributed by atoms with E-state index in [0.717, 1.165) is 38.2 Å². The van der Waals surface area contributed by atoms with E-state index in [9.17, 15) is 0 Å². The van der Waals surface area contributed by atoms with E-state index in [2.05, 4.69) is 12.1 Å². The van der Waals surface area contributed by atoms with Gasteiger partial charge in [0.25, 0.3) is 0 Å². The Hall–Kier alpha value is -1.06. The van der Waals surface area contributed by atoms with Gasteiger partial charge in [-0.1, -0.05) is 6.07 Å². The van der Waals surface area contributed by atoms with Crippen LogP contribution in [0, 0.1) is 0 Å². The van der Waals surface area contributed by atoms with Crippen LogP contribution in [-0.2, 0) is 11.2 Å². The highest BCUT2D eigenvalue weighted by molar-refractivity contribution is 5.40. The Bertz CT molecular complexity index is 365. The van der Waals surface area contributed by atoms with Gasteiger partial charge in [-0.2, -0.15) is 0 Å². The third kappa shape index (κ3) is 3.20. The molecule has 0 unspecified atom stereocenters. The number of nitrogens with two attached hydrogens (primary N) is 1. The molecule has 1 aromatic rings. The summed E-state index contributed by atoms with van der Waals surface area (Å²) >= 11 is 0. The summed E-state index contributed by atoms with van der Waals surface area (Å²) in [7, 11) is 0. The second-order valence-corrected chi connectivity index (χ2v) is 4.40. The summed E-state index contributed by atoms with van der Waals surface area (Å²) in [6, 6.07) is 6.47. The van der Waals surface area contributed by atoms with E-state index in [1.54, 1.807) is 0 Å². The second-order valence-electron chi connectivity index (χ2n) is 4.40. The maximum Gasteiger partial charge on any atom is 0.119 e. The van der Waals surface area contributed by atoms with Crippen LogP contribution < -0.4 is 10.5 Å². The quantitative estimate of drug-likeness (QED) is 0.770. The molecule has 1 aliphatic rings. The molecule has 0 radical (unpaired) electrons. The average molecular weight is 235 g/mol. The number of hydrogen-bond donors (Lipinski definition) is 1. The molecule has 0 bridgehead atoms. The fourth-order valence-corrected chi connectivity index (χ4v) is 2.21. The van der Waals surface area contributed by atoms with E-state index in [4.69, 9.17) is 15.2 Å². The lowest BCUT2D eigenvalue weighted by Crippen LogP contribution is -2.05. The van der Waals surface area contributed by atoms with Crippen molar-refractivity contribution in [1.29, 1.82) is 0 Å². The predicted molar refractivity (Wildman–Crippen MR) is 68.3 cm³/mol. The van der Waals surface area contributed by atoms with Gasteiger partial charge in [0, 0.05) is 25.7 Å². The Morgan fingerprint density at radius 2 is 2.24 bits per heavy atom. The molecule has 1 atom stereocenters. The Balaban J connectivity index is 1.82. The average Bonchev–Trinajstić information content (AvgIpc) is 2.71. The van der Waals surface area contributed by atoms with E-state index in [0.29, 0.717) is 6.61 Å². The molecule has 0 saturated heterocycles. The number of benzene rings is 1. The van der Waals surface area contributed by atoms with Gasteiger partial charge in [0.2, 0.25) is 0 Å². The first kappa shape index (κ1) is 12.4. The highest BCUT2D eigenvalue weighted by Crippen LogP contribution is 2.31. The molecule has 0 amide bonds. The highest BCUT2D eigenvalue weighted by Gasteiger charge is 2.18. The Morgan fingerprint density at radius 3 is 3.06 bits per heavy atom. The van der Waals surface area contributed by atoms with Gasteiger partial charge in [-0.3, -0.25) is 0 Å².